The Morgan fingerprint density at radius 1 is 1.38 bits per heavy atom. The third-order valence-corrected chi connectivity index (χ3v) is 2.61. The molecule has 0 aromatic carbocycles. The molecule has 0 amide bonds. The van der Waals surface area contributed by atoms with E-state index in [2.05, 4.69) is 39.6 Å². The van der Waals surface area contributed by atoms with E-state index in [1.54, 1.807) is 0 Å². The summed E-state index contributed by atoms with van der Waals surface area (Å²) in [7, 11) is 2.19. The largest absolute Gasteiger partial charge is 0.374 e. The number of rotatable bonds is 2. The van der Waals surface area contributed by atoms with Crippen LogP contribution >= 0.6 is 0 Å². The average Bonchev–Trinajstić information content (AvgIpc) is 2.24. The second kappa shape index (κ2) is 3.97. The van der Waals surface area contributed by atoms with Crippen LogP contribution in [0.15, 0.2) is 0 Å². The van der Waals surface area contributed by atoms with Crippen molar-refractivity contribution in [1.82, 2.24) is 4.90 Å². The van der Waals surface area contributed by atoms with Gasteiger partial charge in [-0.3, -0.25) is 0 Å². The van der Waals surface area contributed by atoms with E-state index in [1.807, 2.05) is 0 Å². The first-order valence-electron chi connectivity index (χ1n) is 5.22. The van der Waals surface area contributed by atoms with Crippen LogP contribution in [0.5, 0.6) is 0 Å². The van der Waals surface area contributed by atoms with Crippen molar-refractivity contribution in [3.8, 4) is 0 Å². The standard InChI is InChI=1S/C11H23NO/c1-9-6-10(12(5)7-9)8-13-11(2,3)4/h9-10H,6-8H2,1-5H3. The van der Waals surface area contributed by atoms with Crippen LogP contribution in [0.2, 0.25) is 0 Å². The topological polar surface area (TPSA) is 12.5 Å². The quantitative estimate of drug-likeness (QED) is 0.653. The highest BCUT2D eigenvalue weighted by atomic mass is 16.5. The van der Waals surface area contributed by atoms with Gasteiger partial charge in [0, 0.05) is 12.6 Å². The molecule has 2 unspecified atom stereocenters. The maximum Gasteiger partial charge on any atom is 0.0628 e. The van der Waals surface area contributed by atoms with Crippen molar-refractivity contribution in [1.29, 1.82) is 0 Å². The zero-order valence-corrected chi connectivity index (χ0v) is 9.63. The second-order valence-electron chi connectivity index (χ2n) is 5.36. The van der Waals surface area contributed by atoms with E-state index in [1.165, 1.54) is 13.0 Å². The molecular weight excluding hydrogens is 162 g/mol. The molecule has 0 aromatic heterocycles. The Balaban J connectivity index is 2.30. The van der Waals surface area contributed by atoms with Gasteiger partial charge in [0.2, 0.25) is 0 Å². The Hall–Kier alpha value is -0.0800. The molecule has 0 bridgehead atoms. The van der Waals surface area contributed by atoms with Crippen LogP contribution in [0.4, 0.5) is 0 Å². The average molecular weight is 185 g/mol. The van der Waals surface area contributed by atoms with Crippen LogP contribution in [-0.2, 0) is 4.74 Å². The number of likely N-dealkylation sites (tertiary alicyclic amines) is 1. The van der Waals surface area contributed by atoms with Gasteiger partial charge >= 0.3 is 0 Å². The number of ether oxygens (including phenoxy) is 1. The molecule has 0 radical (unpaired) electrons. The molecule has 0 aliphatic carbocycles. The van der Waals surface area contributed by atoms with Crippen LogP contribution in [0.3, 0.4) is 0 Å². The van der Waals surface area contributed by atoms with E-state index >= 15 is 0 Å². The van der Waals surface area contributed by atoms with E-state index in [0.717, 1.165) is 12.5 Å². The zero-order chi connectivity index (χ0) is 10.1. The molecule has 2 atom stereocenters. The normalized spacial score (nSPS) is 31.2. The second-order valence-corrected chi connectivity index (χ2v) is 5.36. The van der Waals surface area contributed by atoms with Crippen LogP contribution in [0.25, 0.3) is 0 Å². The van der Waals surface area contributed by atoms with Crippen LogP contribution in [0.1, 0.15) is 34.1 Å². The molecule has 0 aromatic rings. The minimum Gasteiger partial charge on any atom is -0.374 e. The lowest BCUT2D eigenvalue weighted by Gasteiger charge is -2.25. The monoisotopic (exact) mass is 185 g/mol. The molecule has 0 spiro atoms. The third kappa shape index (κ3) is 3.65. The fraction of sp³-hybridized carbons (Fsp3) is 1.00. The lowest BCUT2D eigenvalue weighted by molar-refractivity contribution is -0.0252. The minimum absolute atomic E-state index is 0.00662. The number of likely N-dealkylation sites (N-methyl/N-ethyl adjacent to an activating group) is 1. The summed E-state index contributed by atoms with van der Waals surface area (Å²) in [5.74, 6) is 0.832. The molecule has 13 heavy (non-hydrogen) atoms. The third-order valence-electron chi connectivity index (χ3n) is 2.61. The summed E-state index contributed by atoms with van der Waals surface area (Å²) in [6, 6.07) is 0.634. The van der Waals surface area contributed by atoms with Crippen LogP contribution < -0.4 is 0 Å². The van der Waals surface area contributed by atoms with E-state index in [4.69, 9.17) is 4.74 Å². The molecule has 1 fully saturated rings. The summed E-state index contributed by atoms with van der Waals surface area (Å²) in [5.41, 5.74) is 0.00662. The van der Waals surface area contributed by atoms with Crippen molar-refractivity contribution in [2.75, 3.05) is 20.2 Å². The van der Waals surface area contributed by atoms with Crippen molar-refractivity contribution in [2.24, 2.45) is 5.92 Å². The number of hydrogen-bond donors (Lipinski definition) is 0. The summed E-state index contributed by atoms with van der Waals surface area (Å²) in [4.78, 5) is 2.41. The maximum absolute atomic E-state index is 5.79. The number of hydrogen-bond acceptors (Lipinski definition) is 2. The van der Waals surface area contributed by atoms with Crippen molar-refractivity contribution < 1.29 is 4.74 Å². The SMILES string of the molecule is CC1CC(COC(C)(C)C)N(C)C1. The summed E-state index contributed by atoms with van der Waals surface area (Å²) in [5, 5.41) is 0. The van der Waals surface area contributed by atoms with Gasteiger partial charge in [0.05, 0.1) is 12.2 Å². The fourth-order valence-corrected chi connectivity index (χ4v) is 1.90. The first-order valence-corrected chi connectivity index (χ1v) is 5.22. The van der Waals surface area contributed by atoms with Gasteiger partial charge in [0.1, 0.15) is 0 Å². The highest BCUT2D eigenvalue weighted by molar-refractivity contribution is 4.81. The molecule has 1 rings (SSSR count). The Bertz CT molecular complexity index is 162. The highest BCUT2D eigenvalue weighted by Gasteiger charge is 2.27. The highest BCUT2D eigenvalue weighted by Crippen LogP contribution is 2.22. The Morgan fingerprint density at radius 2 is 2.00 bits per heavy atom. The van der Waals surface area contributed by atoms with E-state index in [0.29, 0.717) is 6.04 Å². The van der Waals surface area contributed by atoms with E-state index < -0.39 is 0 Å². The van der Waals surface area contributed by atoms with Gasteiger partial charge in [-0.2, -0.15) is 0 Å². The van der Waals surface area contributed by atoms with Crippen LogP contribution in [0, 0.1) is 5.92 Å². The molecule has 0 N–H and O–H groups in total. The lowest BCUT2D eigenvalue weighted by Crippen LogP contribution is -2.33. The molecule has 2 heteroatoms. The van der Waals surface area contributed by atoms with Gasteiger partial charge in [0.25, 0.3) is 0 Å². The molecular formula is C11H23NO. The van der Waals surface area contributed by atoms with Crippen molar-refractivity contribution in [3.63, 3.8) is 0 Å². The molecule has 0 saturated carbocycles. The lowest BCUT2D eigenvalue weighted by atomic mass is 10.1. The summed E-state index contributed by atoms with van der Waals surface area (Å²) in [6.07, 6.45) is 1.28. The zero-order valence-electron chi connectivity index (χ0n) is 9.63. The summed E-state index contributed by atoms with van der Waals surface area (Å²) >= 11 is 0. The Kier molecular flexibility index (Phi) is 3.36. The van der Waals surface area contributed by atoms with Gasteiger partial charge in [-0.25, -0.2) is 0 Å². The molecule has 1 heterocycles. The smallest absolute Gasteiger partial charge is 0.0628 e. The summed E-state index contributed by atoms with van der Waals surface area (Å²) < 4.78 is 5.79. The van der Waals surface area contributed by atoms with Crippen molar-refractivity contribution in [3.05, 3.63) is 0 Å². The number of nitrogens with zero attached hydrogens (tertiary/aromatic N) is 1. The van der Waals surface area contributed by atoms with Crippen molar-refractivity contribution in [2.45, 2.75) is 45.8 Å². The molecule has 1 aliphatic rings. The Morgan fingerprint density at radius 3 is 2.38 bits per heavy atom. The molecule has 2 nitrogen and oxygen atoms in total. The van der Waals surface area contributed by atoms with Crippen LogP contribution in [-0.4, -0.2) is 36.7 Å². The maximum atomic E-state index is 5.79. The van der Waals surface area contributed by atoms with Gasteiger partial charge < -0.3 is 9.64 Å². The minimum atomic E-state index is 0.00662. The molecule has 78 valence electrons. The first kappa shape index (κ1) is 11.0. The summed E-state index contributed by atoms with van der Waals surface area (Å²) in [6.45, 7) is 10.8. The molecule has 1 aliphatic heterocycles. The van der Waals surface area contributed by atoms with Gasteiger partial charge in [0.15, 0.2) is 0 Å². The van der Waals surface area contributed by atoms with E-state index in [-0.39, 0.29) is 5.60 Å². The first-order chi connectivity index (χ1) is 5.88. The van der Waals surface area contributed by atoms with Crippen molar-refractivity contribution >= 4 is 0 Å². The van der Waals surface area contributed by atoms with Gasteiger partial charge in [-0.1, -0.05) is 6.92 Å². The van der Waals surface area contributed by atoms with Gasteiger partial charge in [-0.05, 0) is 40.2 Å². The predicted octanol–water partition coefficient (Wildman–Crippen LogP) is 2.14. The van der Waals surface area contributed by atoms with E-state index in [9.17, 15) is 0 Å². The fourth-order valence-electron chi connectivity index (χ4n) is 1.90. The molecule has 1 saturated heterocycles. The predicted molar refractivity (Wildman–Crippen MR) is 55.9 cm³/mol. The van der Waals surface area contributed by atoms with Gasteiger partial charge in [-0.15, -0.1) is 0 Å². The Labute approximate surface area is 82.3 Å².